The van der Waals surface area contributed by atoms with E-state index in [-0.39, 0.29) is 12.6 Å². The van der Waals surface area contributed by atoms with E-state index in [1.165, 1.54) is 5.56 Å². The summed E-state index contributed by atoms with van der Waals surface area (Å²) in [5.74, 6) is 0.218. The molecule has 2 heteroatoms. The third-order valence-electron chi connectivity index (χ3n) is 2.99. The zero-order chi connectivity index (χ0) is 9.80. The Kier molecular flexibility index (Phi) is 3.14. The smallest absolute Gasteiger partial charge is 0.0938 e. The van der Waals surface area contributed by atoms with Crippen LogP contribution in [0, 0.1) is 5.92 Å². The van der Waals surface area contributed by atoms with Gasteiger partial charge in [-0.15, -0.1) is 0 Å². The summed E-state index contributed by atoms with van der Waals surface area (Å²) in [6.07, 6.45) is 1.93. The molecule has 2 unspecified atom stereocenters. The summed E-state index contributed by atoms with van der Waals surface area (Å²) in [5, 5.41) is 3.37. The Morgan fingerprint density at radius 1 is 1.29 bits per heavy atom. The van der Waals surface area contributed by atoms with Gasteiger partial charge in [0.15, 0.2) is 0 Å². The summed E-state index contributed by atoms with van der Waals surface area (Å²) in [6.45, 7) is 0.774. The lowest BCUT2D eigenvalue weighted by atomic mass is 9.96. The molecule has 1 heterocycles. The molecule has 1 aliphatic rings. The average molecular weight is 193 g/mol. The molecule has 0 spiro atoms. The highest BCUT2D eigenvalue weighted by Gasteiger charge is 2.26. The Morgan fingerprint density at radius 3 is 2.79 bits per heavy atom. The molecule has 0 amide bonds. The van der Waals surface area contributed by atoms with Crippen molar-refractivity contribution in [1.82, 2.24) is 5.32 Å². The SMILES string of the molecule is FCC1CCNC1Cc1ccccc1. The standard InChI is InChI=1S/C12H16FN/c13-9-11-6-7-14-12(11)8-10-4-2-1-3-5-10/h1-5,11-12,14H,6-9H2. The molecule has 2 rings (SSSR count). The Hall–Kier alpha value is -0.890. The number of benzene rings is 1. The largest absolute Gasteiger partial charge is 0.313 e. The maximum absolute atomic E-state index is 12.6. The Labute approximate surface area is 84.3 Å². The van der Waals surface area contributed by atoms with E-state index in [4.69, 9.17) is 0 Å². The molecule has 0 bridgehead atoms. The molecular weight excluding hydrogens is 177 g/mol. The van der Waals surface area contributed by atoms with Crippen molar-refractivity contribution in [3.8, 4) is 0 Å². The molecule has 1 saturated heterocycles. The van der Waals surface area contributed by atoms with Gasteiger partial charge in [0.1, 0.15) is 0 Å². The molecule has 1 aromatic carbocycles. The molecule has 1 N–H and O–H groups in total. The molecule has 0 saturated carbocycles. The zero-order valence-corrected chi connectivity index (χ0v) is 8.25. The number of hydrogen-bond donors (Lipinski definition) is 1. The first-order valence-electron chi connectivity index (χ1n) is 5.23. The summed E-state index contributed by atoms with van der Waals surface area (Å²) < 4.78 is 12.6. The van der Waals surface area contributed by atoms with E-state index < -0.39 is 0 Å². The minimum absolute atomic E-state index is 0.190. The van der Waals surface area contributed by atoms with Gasteiger partial charge >= 0.3 is 0 Å². The molecule has 0 radical (unpaired) electrons. The predicted molar refractivity (Wildman–Crippen MR) is 56.0 cm³/mol. The lowest BCUT2D eigenvalue weighted by Gasteiger charge is -2.16. The Morgan fingerprint density at radius 2 is 2.07 bits per heavy atom. The van der Waals surface area contributed by atoms with Gasteiger partial charge in [-0.2, -0.15) is 0 Å². The van der Waals surface area contributed by atoms with E-state index in [0.29, 0.717) is 6.04 Å². The Balaban J connectivity index is 1.97. The molecule has 14 heavy (non-hydrogen) atoms. The minimum Gasteiger partial charge on any atom is -0.313 e. The van der Waals surface area contributed by atoms with E-state index >= 15 is 0 Å². The Bertz CT molecular complexity index is 273. The van der Waals surface area contributed by atoms with Gasteiger partial charge in [-0.25, -0.2) is 0 Å². The quantitative estimate of drug-likeness (QED) is 0.775. The number of hydrogen-bond acceptors (Lipinski definition) is 1. The van der Waals surface area contributed by atoms with Crippen LogP contribution in [0.2, 0.25) is 0 Å². The normalized spacial score (nSPS) is 26.6. The van der Waals surface area contributed by atoms with Crippen molar-refractivity contribution in [2.45, 2.75) is 18.9 Å². The van der Waals surface area contributed by atoms with Crippen molar-refractivity contribution in [2.75, 3.05) is 13.2 Å². The summed E-state index contributed by atoms with van der Waals surface area (Å²) in [5.41, 5.74) is 1.30. The summed E-state index contributed by atoms with van der Waals surface area (Å²) in [6, 6.07) is 10.6. The number of rotatable bonds is 3. The fourth-order valence-electron chi connectivity index (χ4n) is 2.11. The van der Waals surface area contributed by atoms with Crippen LogP contribution in [0.4, 0.5) is 4.39 Å². The molecule has 1 nitrogen and oxygen atoms in total. The lowest BCUT2D eigenvalue weighted by molar-refractivity contribution is 0.329. The van der Waals surface area contributed by atoms with Crippen LogP contribution in [0.15, 0.2) is 30.3 Å². The second-order valence-electron chi connectivity index (χ2n) is 3.95. The zero-order valence-electron chi connectivity index (χ0n) is 8.25. The molecule has 76 valence electrons. The fraction of sp³-hybridized carbons (Fsp3) is 0.500. The summed E-state index contributed by atoms with van der Waals surface area (Å²) in [4.78, 5) is 0. The van der Waals surface area contributed by atoms with Crippen LogP contribution in [0.5, 0.6) is 0 Å². The second kappa shape index (κ2) is 4.56. The average Bonchev–Trinajstić information content (AvgIpc) is 2.67. The van der Waals surface area contributed by atoms with Gasteiger partial charge in [-0.05, 0) is 24.9 Å². The number of alkyl halides is 1. The van der Waals surface area contributed by atoms with Crippen molar-refractivity contribution < 1.29 is 4.39 Å². The molecule has 1 fully saturated rings. The van der Waals surface area contributed by atoms with Crippen molar-refractivity contribution in [2.24, 2.45) is 5.92 Å². The third kappa shape index (κ3) is 2.13. The van der Waals surface area contributed by atoms with Gasteiger partial charge in [-0.1, -0.05) is 30.3 Å². The molecule has 1 aromatic rings. The molecule has 2 atom stereocenters. The van der Waals surface area contributed by atoms with Crippen LogP contribution in [-0.2, 0) is 6.42 Å². The van der Waals surface area contributed by atoms with E-state index in [1.807, 2.05) is 18.2 Å². The van der Waals surface area contributed by atoms with Crippen LogP contribution in [-0.4, -0.2) is 19.3 Å². The highest BCUT2D eigenvalue weighted by atomic mass is 19.1. The van der Waals surface area contributed by atoms with Gasteiger partial charge in [0.25, 0.3) is 0 Å². The first-order valence-corrected chi connectivity index (χ1v) is 5.23. The van der Waals surface area contributed by atoms with Gasteiger partial charge in [0, 0.05) is 12.0 Å². The monoisotopic (exact) mass is 193 g/mol. The lowest BCUT2D eigenvalue weighted by Crippen LogP contribution is -2.30. The first-order chi connectivity index (χ1) is 6.90. The van der Waals surface area contributed by atoms with Gasteiger partial charge in [-0.3, -0.25) is 4.39 Å². The van der Waals surface area contributed by atoms with Crippen molar-refractivity contribution in [3.05, 3.63) is 35.9 Å². The maximum atomic E-state index is 12.6. The third-order valence-corrected chi connectivity index (χ3v) is 2.99. The number of nitrogens with one attached hydrogen (secondary N) is 1. The van der Waals surface area contributed by atoms with Crippen LogP contribution in [0.25, 0.3) is 0 Å². The summed E-state index contributed by atoms with van der Waals surface area (Å²) >= 11 is 0. The first kappa shape index (κ1) is 9.66. The topological polar surface area (TPSA) is 12.0 Å². The molecular formula is C12H16FN. The van der Waals surface area contributed by atoms with Crippen molar-refractivity contribution in [1.29, 1.82) is 0 Å². The summed E-state index contributed by atoms with van der Waals surface area (Å²) in [7, 11) is 0. The fourth-order valence-corrected chi connectivity index (χ4v) is 2.11. The highest BCUT2D eigenvalue weighted by molar-refractivity contribution is 5.16. The van der Waals surface area contributed by atoms with Crippen molar-refractivity contribution in [3.63, 3.8) is 0 Å². The highest BCUT2D eigenvalue weighted by Crippen LogP contribution is 2.19. The van der Waals surface area contributed by atoms with E-state index in [0.717, 1.165) is 19.4 Å². The van der Waals surface area contributed by atoms with E-state index in [9.17, 15) is 4.39 Å². The second-order valence-corrected chi connectivity index (χ2v) is 3.95. The number of halogens is 1. The predicted octanol–water partition coefficient (Wildman–Crippen LogP) is 2.18. The molecule has 0 aromatic heterocycles. The van der Waals surface area contributed by atoms with Gasteiger partial charge in [0.2, 0.25) is 0 Å². The van der Waals surface area contributed by atoms with Crippen LogP contribution >= 0.6 is 0 Å². The van der Waals surface area contributed by atoms with Crippen LogP contribution < -0.4 is 5.32 Å². The minimum atomic E-state index is -0.190. The van der Waals surface area contributed by atoms with Gasteiger partial charge in [0.05, 0.1) is 6.67 Å². The molecule has 1 aliphatic heterocycles. The van der Waals surface area contributed by atoms with E-state index in [1.54, 1.807) is 0 Å². The van der Waals surface area contributed by atoms with Crippen LogP contribution in [0.1, 0.15) is 12.0 Å². The van der Waals surface area contributed by atoms with Crippen molar-refractivity contribution >= 4 is 0 Å². The maximum Gasteiger partial charge on any atom is 0.0938 e. The van der Waals surface area contributed by atoms with Crippen LogP contribution in [0.3, 0.4) is 0 Å². The molecule has 0 aliphatic carbocycles. The van der Waals surface area contributed by atoms with E-state index in [2.05, 4.69) is 17.4 Å². The van der Waals surface area contributed by atoms with Gasteiger partial charge < -0.3 is 5.32 Å².